The van der Waals surface area contributed by atoms with Gasteiger partial charge in [-0.1, -0.05) is 41.4 Å². The number of hydrogen-bond acceptors (Lipinski definition) is 3. The van der Waals surface area contributed by atoms with Crippen LogP contribution in [0.3, 0.4) is 0 Å². The molecule has 1 aliphatic rings. The van der Waals surface area contributed by atoms with Crippen LogP contribution in [0.5, 0.6) is 0 Å². The number of likely N-dealkylation sites (tertiary alicyclic amines) is 1. The topological polar surface area (TPSA) is 32.3 Å². The lowest BCUT2D eigenvalue weighted by atomic mass is 9.96. The largest absolute Gasteiger partial charge is 0.355 e. The molecule has 1 atom stereocenters. The predicted molar refractivity (Wildman–Crippen MR) is 114 cm³/mol. The van der Waals surface area contributed by atoms with Crippen LogP contribution < -0.4 is 5.32 Å². The highest BCUT2D eigenvalue weighted by atomic mass is 35.5. The van der Waals surface area contributed by atoms with Crippen molar-refractivity contribution in [2.75, 3.05) is 25.4 Å². The molecule has 0 aromatic heterocycles. The Labute approximate surface area is 171 Å². The van der Waals surface area contributed by atoms with E-state index in [1.165, 1.54) is 16.0 Å². The van der Waals surface area contributed by atoms with E-state index in [9.17, 15) is 4.79 Å². The van der Waals surface area contributed by atoms with Crippen LogP contribution in [0.25, 0.3) is 0 Å². The third-order valence-corrected chi connectivity index (χ3v) is 6.11. The highest BCUT2D eigenvalue weighted by Gasteiger charge is 2.25. The Kier molecular flexibility index (Phi) is 7.62. The highest BCUT2D eigenvalue weighted by molar-refractivity contribution is 7.99. The Balaban J connectivity index is 1.40. The summed E-state index contributed by atoms with van der Waals surface area (Å²) in [7, 11) is 0. The number of benzene rings is 2. The number of hydrogen-bond donors (Lipinski definition) is 1. The van der Waals surface area contributed by atoms with Gasteiger partial charge in [0.15, 0.2) is 0 Å². The van der Waals surface area contributed by atoms with Crippen molar-refractivity contribution in [3.63, 3.8) is 0 Å². The summed E-state index contributed by atoms with van der Waals surface area (Å²) < 4.78 is 0. The summed E-state index contributed by atoms with van der Waals surface area (Å²) in [6.45, 7) is 5.67. The van der Waals surface area contributed by atoms with E-state index in [1.54, 1.807) is 11.8 Å². The predicted octanol–water partition coefficient (Wildman–Crippen LogP) is 4.77. The van der Waals surface area contributed by atoms with Gasteiger partial charge in [0.2, 0.25) is 5.91 Å². The monoisotopic (exact) mass is 402 g/mol. The molecule has 144 valence electrons. The lowest BCUT2D eigenvalue weighted by Gasteiger charge is -2.32. The number of thioether (sulfide) groups is 1. The molecule has 1 saturated heterocycles. The number of carbonyl (C=O) groups is 1. The van der Waals surface area contributed by atoms with Crippen LogP contribution in [0.15, 0.2) is 53.4 Å². The van der Waals surface area contributed by atoms with Crippen LogP contribution in [-0.2, 0) is 11.3 Å². The molecule has 2 aromatic rings. The maximum atomic E-state index is 12.5. The lowest BCUT2D eigenvalue weighted by Crippen LogP contribution is -2.43. The summed E-state index contributed by atoms with van der Waals surface area (Å²) in [5.41, 5.74) is 2.62. The average Bonchev–Trinajstić information content (AvgIpc) is 2.67. The standard InChI is InChI=1S/C22H27ClN2OS/c1-17-4-2-5-18(14-17)15-25-12-3-6-19(16-25)22(26)24-11-13-27-21-9-7-20(23)8-10-21/h2,4-5,7-10,14,19H,3,6,11-13,15-16H2,1H3,(H,24,26). The molecule has 0 bridgehead atoms. The van der Waals surface area contributed by atoms with E-state index in [0.717, 1.165) is 43.3 Å². The van der Waals surface area contributed by atoms with E-state index in [2.05, 4.69) is 41.4 Å². The number of halogens is 1. The Morgan fingerprint density at radius 3 is 2.85 bits per heavy atom. The molecular formula is C22H27ClN2OS. The second-order valence-electron chi connectivity index (χ2n) is 7.16. The number of carbonyl (C=O) groups excluding carboxylic acids is 1. The zero-order valence-electron chi connectivity index (χ0n) is 15.8. The van der Waals surface area contributed by atoms with E-state index in [4.69, 9.17) is 11.6 Å². The summed E-state index contributed by atoms with van der Waals surface area (Å²) in [6, 6.07) is 16.5. The van der Waals surface area contributed by atoms with Gasteiger partial charge >= 0.3 is 0 Å². The first-order chi connectivity index (χ1) is 13.1. The van der Waals surface area contributed by atoms with Crippen molar-refractivity contribution < 1.29 is 4.79 Å². The van der Waals surface area contributed by atoms with Crippen molar-refractivity contribution in [2.24, 2.45) is 5.92 Å². The highest BCUT2D eigenvalue weighted by Crippen LogP contribution is 2.21. The Morgan fingerprint density at radius 2 is 2.07 bits per heavy atom. The van der Waals surface area contributed by atoms with Crippen LogP contribution >= 0.6 is 23.4 Å². The van der Waals surface area contributed by atoms with Gasteiger partial charge in [0.25, 0.3) is 0 Å². The van der Waals surface area contributed by atoms with Crippen molar-refractivity contribution in [3.05, 3.63) is 64.7 Å². The first-order valence-corrected chi connectivity index (χ1v) is 10.9. The smallest absolute Gasteiger partial charge is 0.224 e. The molecule has 1 aliphatic heterocycles. The number of piperidine rings is 1. The van der Waals surface area contributed by atoms with Gasteiger partial charge in [-0.05, 0) is 56.1 Å². The van der Waals surface area contributed by atoms with Gasteiger partial charge < -0.3 is 5.32 Å². The van der Waals surface area contributed by atoms with Crippen molar-refractivity contribution >= 4 is 29.3 Å². The number of aryl methyl sites for hydroxylation is 1. The van der Waals surface area contributed by atoms with E-state index in [-0.39, 0.29) is 11.8 Å². The fourth-order valence-electron chi connectivity index (χ4n) is 3.50. The normalized spacial score (nSPS) is 17.6. The number of amides is 1. The van der Waals surface area contributed by atoms with Gasteiger partial charge in [-0.3, -0.25) is 9.69 Å². The molecule has 1 amide bonds. The molecule has 3 nitrogen and oxygen atoms in total. The second kappa shape index (κ2) is 10.2. The molecule has 27 heavy (non-hydrogen) atoms. The number of nitrogens with one attached hydrogen (secondary N) is 1. The Morgan fingerprint density at radius 1 is 1.26 bits per heavy atom. The van der Waals surface area contributed by atoms with Gasteiger partial charge in [-0.15, -0.1) is 11.8 Å². The minimum Gasteiger partial charge on any atom is -0.355 e. The van der Waals surface area contributed by atoms with Crippen molar-refractivity contribution in [1.82, 2.24) is 10.2 Å². The summed E-state index contributed by atoms with van der Waals surface area (Å²) in [5.74, 6) is 1.16. The van der Waals surface area contributed by atoms with Crippen LogP contribution in [0, 0.1) is 12.8 Å². The van der Waals surface area contributed by atoms with E-state index >= 15 is 0 Å². The van der Waals surface area contributed by atoms with Crippen LogP contribution in [0.2, 0.25) is 5.02 Å². The SMILES string of the molecule is Cc1cccc(CN2CCCC(C(=O)NCCSc3ccc(Cl)cc3)C2)c1. The van der Waals surface area contributed by atoms with Gasteiger partial charge in [0, 0.05) is 35.3 Å². The van der Waals surface area contributed by atoms with Crippen molar-refractivity contribution in [2.45, 2.75) is 31.2 Å². The van der Waals surface area contributed by atoms with Crippen LogP contribution in [0.1, 0.15) is 24.0 Å². The molecule has 0 radical (unpaired) electrons. The van der Waals surface area contributed by atoms with Gasteiger partial charge in [0.1, 0.15) is 0 Å². The fraction of sp³-hybridized carbons (Fsp3) is 0.409. The fourth-order valence-corrected chi connectivity index (χ4v) is 4.39. The average molecular weight is 403 g/mol. The van der Waals surface area contributed by atoms with Crippen molar-refractivity contribution in [1.29, 1.82) is 0 Å². The molecule has 3 rings (SSSR count). The zero-order chi connectivity index (χ0) is 19.1. The molecule has 0 saturated carbocycles. The number of nitrogens with zero attached hydrogens (tertiary/aromatic N) is 1. The van der Waals surface area contributed by atoms with Gasteiger partial charge in [-0.25, -0.2) is 0 Å². The molecule has 0 spiro atoms. The van der Waals surface area contributed by atoms with Gasteiger partial charge in [-0.2, -0.15) is 0 Å². The minimum atomic E-state index is 0.101. The number of rotatable bonds is 7. The maximum Gasteiger partial charge on any atom is 0.224 e. The maximum absolute atomic E-state index is 12.5. The quantitative estimate of drug-likeness (QED) is 0.534. The summed E-state index contributed by atoms with van der Waals surface area (Å²) in [4.78, 5) is 16.1. The Bertz CT molecular complexity index is 750. The third-order valence-electron chi connectivity index (χ3n) is 4.85. The molecular weight excluding hydrogens is 376 g/mol. The zero-order valence-corrected chi connectivity index (χ0v) is 17.4. The Hall–Kier alpha value is -1.49. The summed E-state index contributed by atoms with van der Waals surface area (Å²) in [5, 5.41) is 3.87. The molecule has 2 aromatic carbocycles. The molecule has 1 fully saturated rings. The van der Waals surface area contributed by atoms with E-state index in [1.807, 2.05) is 24.3 Å². The van der Waals surface area contributed by atoms with E-state index in [0.29, 0.717) is 6.54 Å². The second-order valence-corrected chi connectivity index (χ2v) is 8.76. The first kappa shape index (κ1) is 20.2. The van der Waals surface area contributed by atoms with Crippen LogP contribution in [-0.4, -0.2) is 36.2 Å². The molecule has 1 N–H and O–H groups in total. The summed E-state index contributed by atoms with van der Waals surface area (Å²) >= 11 is 7.64. The first-order valence-electron chi connectivity index (χ1n) is 9.54. The molecule has 1 heterocycles. The third kappa shape index (κ3) is 6.56. The van der Waals surface area contributed by atoms with Crippen molar-refractivity contribution in [3.8, 4) is 0 Å². The molecule has 5 heteroatoms. The molecule has 0 aliphatic carbocycles. The van der Waals surface area contributed by atoms with Crippen LogP contribution in [0.4, 0.5) is 0 Å². The van der Waals surface area contributed by atoms with Gasteiger partial charge in [0.05, 0.1) is 5.92 Å². The minimum absolute atomic E-state index is 0.101. The molecule has 1 unspecified atom stereocenters. The lowest BCUT2D eigenvalue weighted by molar-refractivity contribution is -0.126. The van der Waals surface area contributed by atoms with E-state index < -0.39 is 0 Å². The summed E-state index contributed by atoms with van der Waals surface area (Å²) in [6.07, 6.45) is 2.07.